The van der Waals surface area contributed by atoms with Gasteiger partial charge in [-0.15, -0.1) is 10.2 Å². The highest BCUT2D eigenvalue weighted by molar-refractivity contribution is 9.10. The smallest absolute Gasteiger partial charge is 0.273 e. The van der Waals surface area contributed by atoms with Gasteiger partial charge in [0.15, 0.2) is 5.82 Å². The number of hydrogen-bond acceptors (Lipinski definition) is 4. The molecule has 106 valence electrons. The number of sulfonamides is 1. The molecular formula is C12H13BrN4O2S. The molecule has 20 heavy (non-hydrogen) atoms. The van der Waals surface area contributed by atoms with Gasteiger partial charge in [0.1, 0.15) is 0 Å². The Morgan fingerprint density at radius 3 is 2.65 bits per heavy atom. The van der Waals surface area contributed by atoms with E-state index in [1.165, 1.54) is 0 Å². The zero-order valence-electron chi connectivity index (χ0n) is 10.7. The SMILES string of the molecule is Cc1ccc(Br)c(-c2nnc(S(N)(=O)=O)n2C2CC2)c1. The van der Waals surface area contributed by atoms with Gasteiger partial charge in [0.05, 0.1) is 0 Å². The van der Waals surface area contributed by atoms with Crippen LogP contribution in [0.1, 0.15) is 24.4 Å². The highest BCUT2D eigenvalue weighted by atomic mass is 79.9. The monoisotopic (exact) mass is 356 g/mol. The summed E-state index contributed by atoms with van der Waals surface area (Å²) < 4.78 is 25.7. The molecule has 0 atom stereocenters. The summed E-state index contributed by atoms with van der Waals surface area (Å²) in [5, 5.41) is 12.9. The molecule has 0 aliphatic heterocycles. The standard InChI is InChI=1S/C12H13BrN4O2S/c1-7-2-5-10(13)9(6-7)11-15-16-12(20(14,18)19)17(11)8-3-4-8/h2,5-6,8H,3-4H2,1H3,(H2,14,18,19). The van der Waals surface area contributed by atoms with Gasteiger partial charge in [-0.05, 0) is 31.9 Å². The van der Waals surface area contributed by atoms with Crippen molar-refractivity contribution in [2.75, 3.05) is 0 Å². The number of nitrogens with zero attached hydrogens (tertiary/aromatic N) is 3. The lowest BCUT2D eigenvalue weighted by molar-refractivity contribution is 0.567. The molecule has 0 radical (unpaired) electrons. The average Bonchev–Trinajstić information content (AvgIpc) is 3.09. The van der Waals surface area contributed by atoms with Crippen LogP contribution in [0.15, 0.2) is 27.8 Å². The van der Waals surface area contributed by atoms with Gasteiger partial charge in [-0.1, -0.05) is 27.6 Å². The van der Waals surface area contributed by atoms with Crippen molar-refractivity contribution in [1.29, 1.82) is 0 Å². The van der Waals surface area contributed by atoms with Crippen molar-refractivity contribution in [2.45, 2.75) is 31.0 Å². The minimum Gasteiger partial charge on any atom is -0.294 e. The van der Waals surface area contributed by atoms with Crippen LogP contribution in [0.25, 0.3) is 11.4 Å². The third kappa shape index (κ3) is 2.38. The number of benzene rings is 1. The Bertz CT molecular complexity index is 781. The normalized spacial score (nSPS) is 15.6. The van der Waals surface area contributed by atoms with Crippen LogP contribution in [0.2, 0.25) is 0 Å². The van der Waals surface area contributed by atoms with Gasteiger partial charge < -0.3 is 0 Å². The molecule has 1 saturated carbocycles. The van der Waals surface area contributed by atoms with E-state index in [1.807, 2.05) is 25.1 Å². The van der Waals surface area contributed by atoms with E-state index in [2.05, 4.69) is 26.1 Å². The first-order valence-electron chi connectivity index (χ1n) is 6.12. The summed E-state index contributed by atoms with van der Waals surface area (Å²) in [7, 11) is -3.87. The first-order valence-corrected chi connectivity index (χ1v) is 8.46. The fourth-order valence-corrected chi connectivity index (χ4v) is 3.22. The van der Waals surface area contributed by atoms with Crippen LogP contribution in [0.4, 0.5) is 0 Å². The van der Waals surface area contributed by atoms with Crippen LogP contribution in [0.5, 0.6) is 0 Å². The van der Waals surface area contributed by atoms with Crippen LogP contribution in [0.3, 0.4) is 0 Å². The molecule has 2 aromatic rings. The van der Waals surface area contributed by atoms with Crippen LogP contribution in [-0.4, -0.2) is 23.2 Å². The van der Waals surface area contributed by atoms with Crippen molar-refractivity contribution in [3.8, 4) is 11.4 Å². The molecule has 1 fully saturated rings. The van der Waals surface area contributed by atoms with Crippen molar-refractivity contribution < 1.29 is 8.42 Å². The number of aromatic nitrogens is 3. The third-order valence-corrected chi connectivity index (χ3v) is 4.67. The molecule has 1 aliphatic rings. The summed E-state index contributed by atoms with van der Waals surface area (Å²) in [6, 6.07) is 5.93. The highest BCUT2D eigenvalue weighted by Gasteiger charge is 2.33. The molecule has 0 spiro atoms. The molecule has 2 N–H and O–H groups in total. The summed E-state index contributed by atoms with van der Waals surface area (Å²) in [5.41, 5.74) is 1.88. The van der Waals surface area contributed by atoms with Gasteiger partial charge in [0.25, 0.3) is 15.2 Å². The second-order valence-corrected chi connectivity index (χ2v) is 7.25. The van der Waals surface area contributed by atoms with Crippen molar-refractivity contribution in [3.05, 3.63) is 28.2 Å². The summed E-state index contributed by atoms with van der Waals surface area (Å²) in [4.78, 5) is 0. The lowest BCUT2D eigenvalue weighted by Gasteiger charge is -2.09. The molecule has 1 aliphatic carbocycles. The summed E-state index contributed by atoms with van der Waals surface area (Å²) in [5.74, 6) is 0.534. The maximum absolute atomic E-state index is 11.6. The summed E-state index contributed by atoms with van der Waals surface area (Å²) in [6.45, 7) is 1.97. The zero-order valence-corrected chi connectivity index (χ0v) is 13.1. The fourth-order valence-electron chi connectivity index (χ4n) is 2.13. The van der Waals surface area contributed by atoms with Crippen molar-refractivity contribution in [3.63, 3.8) is 0 Å². The molecule has 0 bridgehead atoms. The number of primary sulfonamides is 1. The van der Waals surface area contributed by atoms with Crippen LogP contribution >= 0.6 is 15.9 Å². The van der Waals surface area contributed by atoms with Crippen LogP contribution in [-0.2, 0) is 10.0 Å². The van der Waals surface area contributed by atoms with E-state index >= 15 is 0 Å². The molecule has 1 heterocycles. The lowest BCUT2D eigenvalue weighted by atomic mass is 10.1. The van der Waals surface area contributed by atoms with E-state index in [9.17, 15) is 8.42 Å². The van der Waals surface area contributed by atoms with Gasteiger partial charge >= 0.3 is 0 Å². The molecule has 0 saturated heterocycles. The average molecular weight is 357 g/mol. The Morgan fingerprint density at radius 2 is 2.05 bits per heavy atom. The first-order chi connectivity index (χ1) is 9.38. The number of halogens is 1. The van der Waals surface area contributed by atoms with Crippen molar-refractivity contribution >= 4 is 26.0 Å². The van der Waals surface area contributed by atoms with Gasteiger partial charge in [0, 0.05) is 16.1 Å². The van der Waals surface area contributed by atoms with E-state index in [1.54, 1.807) is 4.57 Å². The molecule has 0 unspecified atom stereocenters. The predicted molar refractivity (Wildman–Crippen MR) is 77.5 cm³/mol. The van der Waals surface area contributed by atoms with Gasteiger partial charge in [-0.3, -0.25) is 4.57 Å². The maximum atomic E-state index is 11.6. The van der Waals surface area contributed by atoms with E-state index in [-0.39, 0.29) is 11.2 Å². The Kier molecular flexibility index (Phi) is 3.19. The molecule has 3 rings (SSSR count). The number of nitrogens with two attached hydrogens (primary N) is 1. The Labute approximate surface area is 125 Å². The summed E-state index contributed by atoms with van der Waals surface area (Å²) in [6.07, 6.45) is 1.83. The molecule has 1 aromatic carbocycles. The van der Waals surface area contributed by atoms with Crippen LogP contribution < -0.4 is 5.14 Å². The largest absolute Gasteiger partial charge is 0.294 e. The van der Waals surface area contributed by atoms with E-state index in [0.717, 1.165) is 28.4 Å². The second kappa shape index (κ2) is 4.64. The second-order valence-electron chi connectivity index (χ2n) is 4.94. The topological polar surface area (TPSA) is 90.9 Å². The van der Waals surface area contributed by atoms with Crippen LogP contribution in [0, 0.1) is 6.92 Å². The highest BCUT2D eigenvalue weighted by Crippen LogP contribution is 2.41. The third-order valence-electron chi connectivity index (χ3n) is 3.19. The predicted octanol–water partition coefficient (Wildman–Crippen LogP) is 2.00. The molecule has 0 amide bonds. The van der Waals surface area contributed by atoms with Gasteiger partial charge in [-0.25, -0.2) is 13.6 Å². The van der Waals surface area contributed by atoms with E-state index < -0.39 is 10.0 Å². The Morgan fingerprint density at radius 1 is 1.35 bits per heavy atom. The molecule has 1 aromatic heterocycles. The van der Waals surface area contributed by atoms with Gasteiger partial charge in [-0.2, -0.15) is 0 Å². The first kappa shape index (κ1) is 13.7. The quantitative estimate of drug-likeness (QED) is 0.910. The molecule has 8 heteroatoms. The zero-order chi connectivity index (χ0) is 14.5. The van der Waals surface area contributed by atoms with Crippen molar-refractivity contribution in [2.24, 2.45) is 5.14 Å². The number of rotatable bonds is 3. The number of hydrogen-bond donors (Lipinski definition) is 1. The Hall–Kier alpha value is -1.25. The Balaban J connectivity index is 2.25. The van der Waals surface area contributed by atoms with E-state index in [4.69, 9.17) is 5.14 Å². The van der Waals surface area contributed by atoms with E-state index in [0.29, 0.717) is 5.82 Å². The number of aryl methyl sites for hydroxylation is 1. The van der Waals surface area contributed by atoms with Gasteiger partial charge in [0.2, 0.25) is 0 Å². The molecular weight excluding hydrogens is 344 g/mol. The molecule has 6 nitrogen and oxygen atoms in total. The minimum atomic E-state index is -3.87. The summed E-state index contributed by atoms with van der Waals surface area (Å²) >= 11 is 3.47. The maximum Gasteiger partial charge on any atom is 0.273 e. The minimum absolute atomic E-state index is 0.112. The fraction of sp³-hybridized carbons (Fsp3) is 0.333. The lowest BCUT2D eigenvalue weighted by Crippen LogP contribution is -2.18. The van der Waals surface area contributed by atoms with Crippen molar-refractivity contribution in [1.82, 2.24) is 14.8 Å².